The minimum Gasteiger partial charge on any atom is -0.383 e. The molecule has 1 aliphatic rings. The molecule has 2 heterocycles. The van der Waals surface area contributed by atoms with Gasteiger partial charge >= 0.3 is 0 Å². The minimum absolute atomic E-state index is 0.0143. The zero-order valence-electron chi connectivity index (χ0n) is 16.9. The number of aromatic nitrogens is 1. The van der Waals surface area contributed by atoms with Crippen molar-refractivity contribution in [2.45, 2.75) is 32.4 Å². The lowest BCUT2D eigenvalue weighted by Gasteiger charge is -2.39. The first-order valence-electron chi connectivity index (χ1n) is 9.83. The molecule has 0 saturated carbocycles. The maximum atomic E-state index is 13.2. The number of hydrogen-bond donors (Lipinski definition) is 2. The van der Waals surface area contributed by atoms with Gasteiger partial charge in [-0.3, -0.25) is 14.5 Å². The van der Waals surface area contributed by atoms with E-state index in [0.717, 1.165) is 29.6 Å². The quantitative estimate of drug-likeness (QED) is 0.754. The molecule has 28 heavy (non-hydrogen) atoms. The SMILES string of the molecule is COCC(C)N1CCN(C(=O)C(Cc2c[nH]c3ccccc23)NC(C)=O)CC1. The zero-order chi connectivity index (χ0) is 20.1. The van der Waals surface area contributed by atoms with Crippen LogP contribution in [0.1, 0.15) is 19.4 Å². The van der Waals surface area contributed by atoms with Crippen molar-refractivity contribution in [2.24, 2.45) is 0 Å². The van der Waals surface area contributed by atoms with Gasteiger partial charge < -0.3 is 19.9 Å². The van der Waals surface area contributed by atoms with E-state index in [0.29, 0.717) is 32.2 Å². The van der Waals surface area contributed by atoms with Crippen LogP contribution in [0.2, 0.25) is 0 Å². The molecule has 2 aromatic rings. The number of ether oxygens (including phenoxy) is 1. The fourth-order valence-electron chi connectivity index (χ4n) is 3.92. The number of hydrogen-bond acceptors (Lipinski definition) is 4. The molecule has 0 radical (unpaired) electrons. The predicted molar refractivity (Wildman–Crippen MR) is 109 cm³/mol. The Balaban J connectivity index is 1.68. The standard InChI is InChI=1S/C21H30N4O3/c1-15(14-28-3)24-8-10-25(11-9-24)21(27)20(23-16(2)26)12-17-13-22-19-7-5-4-6-18(17)19/h4-7,13,15,20,22H,8-12,14H2,1-3H3,(H,23,26). The number of carbonyl (C=O) groups excluding carboxylic acids is 2. The third kappa shape index (κ3) is 4.72. The maximum Gasteiger partial charge on any atom is 0.245 e. The smallest absolute Gasteiger partial charge is 0.245 e. The molecular formula is C21H30N4O3. The first kappa shape index (κ1) is 20.4. The topological polar surface area (TPSA) is 77.7 Å². The molecule has 1 aromatic heterocycles. The molecule has 7 heteroatoms. The lowest BCUT2D eigenvalue weighted by molar-refractivity contribution is -0.138. The van der Waals surface area contributed by atoms with Crippen LogP contribution in [0.25, 0.3) is 10.9 Å². The summed E-state index contributed by atoms with van der Waals surface area (Å²) in [6, 6.07) is 7.78. The van der Waals surface area contributed by atoms with Gasteiger partial charge in [0.2, 0.25) is 11.8 Å². The molecule has 2 amide bonds. The molecule has 0 bridgehead atoms. The van der Waals surface area contributed by atoms with Crippen molar-refractivity contribution in [1.29, 1.82) is 0 Å². The Morgan fingerprint density at radius 1 is 1.21 bits per heavy atom. The molecule has 0 aliphatic carbocycles. The average molecular weight is 386 g/mol. The van der Waals surface area contributed by atoms with Gasteiger partial charge in [0.15, 0.2) is 0 Å². The van der Waals surface area contributed by atoms with Crippen LogP contribution in [0, 0.1) is 0 Å². The lowest BCUT2D eigenvalue weighted by Crippen LogP contribution is -2.57. The van der Waals surface area contributed by atoms with Gasteiger partial charge in [0.1, 0.15) is 6.04 Å². The highest BCUT2D eigenvalue weighted by molar-refractivity contribution is 5.89. The third-order valence-corrected chi connectivity index (χ3v) is 5.43. The van der Waals surface area contributed by atoms with Crippen LogP contribution >= 0.6 is 0 Å². The predicted octanol–water partition coefficient (Wildman–Crippen LogP) is 1.39. The highest BCUT2D eigenvalue weighted by Crippen LogP contribution is 2.20. The van der Waals surface area contributed by atoms with Crippen LogP contribution < -0.4 is 5.32 Å². The van der Waals surface area contributed by atoms with Gasteiger partial charge in [0, 0.05) is 69.8 Å². The van der Waals surface area contributed by atoms with Crippen molar-refractivity contribution in [3.8, 4) is 0 Å². The van der Waals surface area contributed by atoms with Gasteiger partial charge in [-0.05, 0) is 18.6 Å². The lowest BCUT2D eigenvalue weighted by atomic mass is 10.0. The van der Waals surface area contributed by atoms with Crippen molar-refractivity contribution in [1.82, 2.24) is 20.1 Å². The highest BCUT2D eigenvalue weighted by Gasteiger charge is 2.30. The Bertz CT molecular complexity index is 811. The number of amides is 2. The Morgan fingerprint density at radius 3 is 2.61 bits per heavy atom. The number of benzene rings is 1. The van der Waals surface area contributed by atoms with E-state index < -0.39 is 6.04 Å². The fourth-order valence-corrected chi connectivity index (χ4v) is 3.92. The summed E-state index contributed by atoms with van der Waals surface area (Å²) >= 11 is 0. The van der Waals surface area contributed by atoms with Crippen LogP contribution in [0.4, 0.5) is 0 Å². The van der Waals surface area contributed by atoms with Crippen molar-refractivity contribution in [3.05, 3.63) is 36.0 Å². The van der Waals surface area contributed by atoms with Crippen LogP contribution in [-0.2, 0) is 20.7 Å². The van der Waals surface area contributed by atoms with Gasteiger partial charge in [-0.2, -0.15) is 0 Å². The van der Waals surface area contributed by atoms with E-state index in [9.17, 15) is 9.59 Å². The number of aromatic amines is 1. The van der Waals surface area contributed by atoms with Crippen molar-refractivity contribution in [3.63, 3.8) is 0 Å². The van der Waals surface area contributed by atoms with E-state index in [4.69, 9.17) is 4.74 Å². The van der Waals surface area contributed by atoms with Gasteiger partial charge in [-0.25, -0.2) is 0 Å². The van der Waals surface area contributed by atoms with E-state index in [-0.39, 0.29) is 11.8 Å². The van der Waals surface area contributed by atoms with E-state index in [1.807, 2.05) is 35.4 Å². The second kappa shape index (κ2) is 9.21. The fraction of sp³-hybridized carbons (Fsp3) is 0.524. The maximum absolute atomic E-state index is 13.2. The van der Waals surface area contributed by atoms with E-state index in [1.165, 1.54) is 6.92 Å². The number of methoxy groups -OCH3 is 1. The van der Waals surface area contributed by atoms with E-state index in [1.54, 1.807) is 7.11 Å². The number of piperazine rings is 1. The number of carbonyl (C=O) groups is 2. The van der Waals surface area contributed by atoms with E-state index in [2.05, 4.69) is 22.1 Å². The summed E-state index contributed by atoms with van der Waals surface area (Å²) in [5.74, 6) is -0.204. The van der Waals surface area contributed by atoms with Crippen molar-refractivity contribution in [2.75, 3.05) is 39.9 Å². The number of H-pyrrole nitrogens is 1. The van der Waals surface area contributed by atoms with Gasteiger partial charge in [0.25, 0.3) is 0 Å². The monoisotopic (exact) mass is 386 g/mol. The number of nitrogens with one attached hydrogen (secondary N) is 2. The van der Waals surface area contributed by atoms with Gasteiger partial charge in [0.05, 0.1) is 6.61 Å². The molecule has 1 saturated heterocycles. The number of fused-ring (bicyclic) bond motifs is 1. The third-order valence-electron chi connectivity index (χ3n) is 5.43. The molecule has 1 fully saturated rings. The number of rotatable bonds is 7. The van der Waals surface area contributed by atoms with E-state index >= 15 is 0 Å². The Labute approximate surface area is 166 Å². The number of nitrogens with zero attached hydrogens (tertiary/aromatic N) is 2. The molecule has 3 rings (SSSR count). The molecule has 2 atom stereocenters. The molecule has 2 N–H and O–H groups in total. The minimum atomic E-state index is -0.556. The second-order valence-electron chi connectivity index (χ2n) is 7.48. The molecular weight excluding hydrogens is 356 g/mol. The van der Waals surface area contributed by atoms with Gasteiger partial charge in [-0.1, -0.05) is 18.2 Å². The summed E-state index contributed by atoms with van der Waals surface area (Å²) in [4.78, 5) is 32.3. The molecule has 1 aliphatic heterocycles. The van der Waals surface area contributed by atoms with Crippen molar-refractivity contribution >= 4 is 22.7 Å². The van der Waals surface area contributed by atoms with Gasteiger partial charge in [-0.15, -0.1) is 0 Å². The first-order valence-corrected chi connectivity index (χ1v) is 9.83. The Kier molecular flexibility index (Phi) is 6.70. The normalized spacial score (nSPS) is 17.5. The highest BCUT2D eigenvalue weighted by atomic mass is 16.5. The average Bonchev–Trinajstić information content (AvgIpc) is 3.10. The largest absolute Gasteiger partial charge is 0.383 e. The second-order valence-corrected chi connectivity index (χ2v) is 7.48. The summed E-state index contributed by atoms with van der Waals surface area (Å²) in [6.07, 6.45) is 2.40. The molecule has 7 nitrogen and oxygen atoms in total. The number of para-hydroxylation sites is 1. The first-order chi connectivity index (χ1) is 13.5. The molecule has 152 valence electrons. The molecule has 0 spiro atoms. The summed E-state index contributed by atoms with van der Waals surface area (Å²) in [6.45, 7) is 7.24. The summed E-state index contributed by atoms with van der Waals surface area (Å²) in [7, 11) is 1.71. The van der Waals surface area contributed by atoms with Crippen LogP contribution in [0.3, 0.4) is 0 Å². The zero-order valence-corrected chi connectivity index (χ0v) is 16.9. The van der Waals surface area contributed by atoms with Crippen LogP contribution in [-0.4, -0.2) is 78.6 Å². The molecule has 1 aromatic carbocycles. The van der Waals surface area contributed by atoms with Crippen LogP contribution in [0.15, 0.2) is 30.5 Å². The summed E-state index contributed by atoms with van der Waals surface area (Å²) < 4.78 is 5.23. The van der Waals surface area contributed by atoms with Crippen LogP contribution in [0.5, 0.6) is 0 Å². The summed E-state index contributed by atoms with van der Waals surface area (Å²) in [5, 5.41) is 3.94. The summed E-state index contributed by atoms with van der Waals surface area (Å²) in [5.41, 5.74) is 2.07. The Morgan fingerprint density at radius 2 is 1.93 bits per heavy atom. The Hall–Kier alpha value is -2.38. The van der Waals surface area contributed by atoms with Crippen molar-refractivity contribution < 1.29 is 14.3 Å². The molecule has 2 unspecified atom stereocenters.